The molecule has 1 amide bonds. The van der Waals surface area contributed by atoms with Gasteiger partial charge in [0.1, 0.15) is 0 Å². The van der Waals surface area contributed by atoms with Crippen molar-refractivity contribution in [3.63, 3.8) is 0 Å². The van der Waals surface area contributed by atoms with Crippen molar-refractivity contribution in [3.05, 3.63) is 0 Å². The van der Waals surface area contributed by atoms with Crippen molar-refractivity contribution in [2.75, 3.05) is 20.3 Å². The Labute approximate surface area is 89.8 Å². The van der Waals surface area contributed by atoms with E-state index < -0.39 is 5.97 Å². The minimum absolute atomic E-state index is 0.156. The van der Waals surface area contributed by atoms with E-state index in [0.29, 0.717) is 0 Å². The van der Waals surface area contributed by atoms with Gasteiger partial charge in [-0.3, -0.25) is 9.59 Å². The van der Waals surface area contributed by atoms with Gasteiger partial charge in [0.25, 0.3) is 0 Å². The minimum Gasteiger partial charge on any atom is -0.481 e. The molecule has 1 rings (SSSR count). The van der Waals surface area contributed by atoms with Crippen molar-refractivity contribution in [1.82, 2.24) is 5.32 Å². The van der Waals surface area contributed by atoms with E-state index in [-0.39, 0.29) is 18.2 Å². The van der Waals surface area contributed by atoms with Crippen LogP contribution in [-0.4, -0.2) is 37.2 Å². The number of aliphatic carboxylic acids is 1. The molecule has 0 aromatic heterocycles. The summed E-state index contributed by atoms with van der Waals surface area (Å²) in [5.74, 6) is -0.396. The molecule has 1 saturated heterocycles. The van der Waals surface area contributed by atoms with Crippen LogP contribution in [0.5, 0.6) is 0 Å². The Kier molecular flexibility index (Phi) is 7.62. The molecule has 0 radical (unpaired) electrons. The fourth-order valence-corrected chi connectivity index (χ4v) is 1.16. The van der Waals surface area contributed by atoms with E-state index in [1.54, 1.807) is 14.0 Å². The molecule has 0 bridgehead atoms. The lowest BCUT2D eigenvalue weighted by atomic mass is 10.00. The fraction of sp³-hybridized carbons (Fsp3) is 0.800. The summed E-state index contributed by atoms with van der Waals surface area (Å²) in [6.07, 6.45) is 1.97. The Morgan fingerprint density at radius 2 is 1.87 bits per heavy atom. The predicted octanol–water partition coefficient (Wildman–Crippen LogP) is 0.640. The molecule has 0 aromatic carbocycles. The van der Waals surface area contributed by atoms with Crippen molar-refractivity contribution in [2.45, 2.75) is 26.2 Å². The molecule has 88 valence electrons. The van der Waals surface area contributed by atoms with Crippen LogP contribution < -0.4 is 5.32 Å². The van der Waals surface area contributed by atoms with Gasteiger partial charge in [-0.05, 0) is 12.8 Å². The van der Waals surface area contributed by atoms with Crippen LogP contribution in [0.25, 0.3) is 0 Å². The maximum Gasteiger partial charge on any atom is 0.303 e. The van der Waals surface area contributed by atoms with Gasteiger partial charge >= 0.3 is 5.97 Å². The summed E-state index contributed by atoms with van der Waals surface area (Å²) in [5, 5.41) is 10.4. The second kappa shape index (κ2) is 8.23. The van der Waals surface area contributed by atoms with E-state index in [4.69, 9.17) is 9.84 Å². The lowest BCUT2D eigenvalue weighted by Crippen LogP contribution is -2.31. The zero-order chi connectivity index (χ0) is 11.7. The summed E-state index contributed by atoms with van der Waals surface area (Å²) in [7, 11) is 1.68. The number of nitrogens with one attached hydrogen (secondary N) is 1. The average molecular weight is 217 g/mol. The molecule has 1 aliphatic rings. The normalized spacial score (nSPS) is 16.1. The lowest BCUT2D eigenvalue weighted by Gasteiger charge is -2.19. The molecule has 1 aliphatic heterocycles. The quantitative estimate of drug-likeness (QED) is 0.711. The number of hydrogen-bond donors (Lipinski definition) is 2. The summed E-state index contributed by atoms with van der Waals surface area (Å²) in [4.78, 5) is 20.4. The summed E-state index contributed by atoms with van der Waals surface area (Å²) in [5.41, 5.74) is 0. The maximum atomic E-state index is 11.0. The van der Waals surface area contributed by atoms with E-state index in [0.717, 1.165) is 26.1 Å². The summed E-state index contributed by atoms with van der Waals surface area (Å²) in [6.45, 7) is 3.07. The summed E-state index contributed by atoms with van der Waals surface area (Å²) in [6, 6.07) is 0. The molecule has 1 heterocycles. The van der Waals surface area contributed by atoms with Crippen molar-refractivity contribution in [3.8, 4) is 0 Å². The van der Waals surface area contributed by atoms with Crippen molar-refractivity contribution < 1.29 is 19.4 Å². The number of hydrogen-bond acceptors (Lipinski definition) is 3. The highest BCUT2D eigenvalue weighted by Gasteiger charge is 2.19. The second-order valence-electron chi connectivity index (χ2n) is 3.25. The first-order valence-corrected chi connectivity index (χ1v) is 5.13. The topological polar surface area (TPSA) is 75.6 Å². The van der Waals surface area contributed by atoms with E-state index >= 15 is 0 Å². The van der Waals surface area contributed by atoms with Crippen LogP contribution >= 0.6 is 0 Å². The van der Waals surface area contributed by atoms with Gasteiger partial charge in [-0.25, -0.2) is 0 Å². The molecule has 0 aromatic rings. The first kappa shape index (κ1) is 13.9. The van der Waals surface area contributed by atoms with Crippen LogP contribution in [0.1, 0.15) is 26.2 Å². The van der Waals surface area contributed by atoms with E-state index in [2.05, 4.69) is 5.32 Å². The number of ether oxygens (including phenoxy) is 1. The Balaban J connectivity index is 0.000000336. The number of amides is 1. The molecular formula is C10H19NO4. The first-order chi connectivity index (χ1) is 7.11. The lowest BCUT2D eigenvalue weighted by molar-refractivity contribution is -0.136. The van der Waals surface area contributed by atoms with Gasteiger partial charge in [0.05, 0.1) is 0 Å². The molecule has 0 unspecified atom stereocenters. The van der Waals surface area contributed by atoms with E-state index in [1.165, 1.54) is 0 Å². The Bertz CT molecular complexity index is 200. The Morgan fingerprint density at radius 1 is 1.40 bits per heavy atom. The predicted molar refractivity (Wildman–Crippen MR) is 55.5 cm³/mol. The second-order valence-corrected chi connectivity index (χ2v) is 3.25. The number of carbonyl (C=O) groups excluding carboxylic acids is 1. The molecule has 2 N–H and O–H groups in total. The molecule has 1 fully saturated rings. The van der Waals surface area contributed by atoms with Gasteiger partial charge in [0.2, 0.25) is 5.91 Å². The van der Waals surface area contributed by atoms with Gasteiger partial charge in [-0.2, -0.15) is 0 Å². The fourth-order valence-electron chi connectivity index (χ4n) is 1.16. The van der Waals surface area contributed by atoms with Crippen molar-refractivity contribution in [2.24, 2.45) is 5.92 Å². The highest BCUT2D eigenvalue weighted by molar-refractivity contribution is 5.78. The SMILES string of the molecule is CCC(=O)O.CNC(=O)C1CCOCC1. The highest BCUT2D eigenvalue weighted by Crippen LogP contribution is 2.13. The van der Waals surface area contributed by atoms with E-state index in [9.17, 15) is 9.59 Å². The third-order valence-electron chi connectivity index (χ3n) is 2.14. The third kappa shape index (κ3) is 6.90. The van der Waals surface area contributed by atoms with Crippen LogP contribution in [-0.2, 0) is 14.3 Å². The van der Waals surface area contributed by atoms with E-state index in [1.807, 2.05) is 0 Å². The van der Waals surface area contributed by atoms with Gasteiger partial charge in [0.15, 0.2) is 0 Å². The Morgan fingerprint density at radius 3 is 2.20 bits per heavy atom. The first-order valence-electron chi connectivity index (χ1n) is 5.13. The molecule has 0 atom stereocenters. The maximum absolute atomic E-state index is 11.0. The van der Waals surface area contributed by atoms with Crippen molar-refractivity contribution >= 4 is 11.9 Å². The summed E-state index contributed by atoms with van der Waals surface area (Å²) >= 11 is 0. The standard InChI is InChI=1S/C7H13NO2.C3H6O2/c1-8-7(9)6-2-4-10-5-3-6;1-2-3(4)5/h6H,2-5H2,1H3,(H,8,9);2H2,1H3,(H,4,5). The van der Waals surface area contributed by atoms with Crippen LogP contribution in [0.2, 0.25) is 0 Å². The van der Waals surface area contributed by atoms with Gasteiger partial charge in [-0.15, -0.1) is 0 Å². The van der Waals surface area contributed by atoms with Crippen LogP contribution in [0.3, 0.4) is 0 Å². The van der Waals surface area contributed by atoms with Gasteiger partial charge in [0, 0.05) is 32.6 Å². The molecule has 0 saturated carbocycles. The van der Waals surface area contributed by atoms with Gasteiger partial charge < -0.3 is 15.2 Å². The average Bonchev–Trinajstić information content (AvgIpc) is 2.30. The molecule has 5 nitrogen and oxygen atoms in total. The zero-order valence-corrected chi connectivity index (χ0v) is 9.28. The number of rotatable bonds is 2. The molecule has 15 heavy (non-hydrogen) atoms. The zero-order valence-electron chi connectivity index (χ0n) is 9.28. The van der Waals surface area contributed by atoms with Gasteiger partial charge in [-0.1, -0.05) is 6.92 Å². The monoisotopic (exact) mass is 217 g/mol. The number of carboxylic acids is 1. The van der Waals surface area contributed by atoms with Crippen LogP contribution in [0.4, 0.5) is 0 Å². The van der Waals surface area contributed by atoms with Crippen LogP contribution in [0, 0.1) is 5.92 Å². The highest BCUT2D eigenvalue weighted by atomic mass is 16.5. The summed E-state index contributed by atoms with van der Waals surface area (Å²) < 4.78 is 5.11. The smallest absolute Gasteiger partial charge is 0.303 e. The molecule has 0 aliphatic carbocycles. The van der Waals surface area contributed by atoms with Crippen molar-refractivity contribution in [1.29, 1.82) is 0 Å². The molecule has 0 spiro atoms. The largest absolute Gasteiger partial charge is 0.481 e. The molecular weight excluding hydrogens is 198 g/mol. The van der Waals surface area contributed by atoms with Crippen LogP contribution in [0.15, 0.2) is 0 Å². The Hall–Kier alpha value is -1.10. The number of carboxylic acid groups (broad SMARTS) is 1. The number of carbonyl (C=O) groups is 2. The minimum atomic E-state index is -0.745. The molecule has 5 heteroatoms. The third-order valence-corrected chi connectivity index (χ3v) is 2.14.